The van der Waals surface area contributed by atoms with Gasteiger partial charge in [-0.25, -0.2) is 12.8 Å². The zero-order chi connectivity index (χ0) is 17.4. The van der Waals surface area contributed by atoms with Crippen molar-refractivity contribution in [2.45, 2.75) is 36.4 Å². The van der Waals surface area contributed by atoms with Gasteiger partial charge in [0.25, 0.3) is 0 Å². The molecular weight excluding hydrogens is 342 g/mol. The molecule has 2 rings (SSSR count). The number of hydrogen-bond donors (Lipinski definition) is 1. The zero-order valence-corrected chi connectivity index (χ0v) is 12.5. The number of carboxylic acids is 1. The Hall–Kier alpha value is -1.68. The lowest BCUT2D eigenvalue weighted by Crippen LogP contribution is -2.47. The minimum absolute atomic E-state index is 0.0713. The molecule has 0 aliphatic carbocycles. The number of aliphatic carboxylic acids is 1. The number of hydrogen-bond acceptors (Lipinski definition) is 3. The van der Waals surface area contributed by atoms with E-state index < -0.39 is 44.5 Å². The normalized spacial score (nSPS) is 20.4. The van der Waals surface area contributed by atoms with Crippen molar-refractivity contribution in [3.8, 4) is 0 Å². The average molecular weight is 355 g/mol. The van der Waals surface area contributed by atoms with Crippen molar-refractivity contribution in [3.05, 3.63) is 29.6 Å². The Balaban J connectivity index is 2.49. The highest BCUT2D eigenvalue weighted by molar-refractivity contribution is 7.89. The molecule has 0 bridgehead atoms. The number of halogens is 4. The summed E-state index contributed by atoms with van der Waals surface area (Å²) in [5, 5.41) is 9.10. The molecule has 1 saturated heterocycles. The monoisotopic (exact) mass is 355 g/mol. The van der Waals surface area contributed by atoms with Crippen LogP contribution in [0.4, 0.5) is 17.6 Å². The summed E-state index contributed by atoms with van der Waals surface area (Å²) in [6.07, 6.45) is -4.08. The topological polar surface area (TPSA) is 74.7 Å². The molecule has 1 fully saturated rings. The summed E-state index contributed by atoms with van der Waals surface area (Å²) in [6.45, 7) is -0.113. The molecule has 1 atom stereocenters. The molecule has 1 aromatic carbocycles. The summed E-state index contributed by atoms with van der Waals surface area (Å²) >= 11 is 0. The Morgan fingerprint density at radius 2 is 1.91 bits per heavy atom. The van der Waals surface area contributed by atoms with E-state index in [1.54, 1.807) is 0 Å². The maximum atomic E-state index is 13.3. The van der Waals surface area contributed by atoms with Gasteiger partial charge in [0.1, 0.15) is 11.9 Å². The third kappa shape index (κ3) is 3.47. The van der Waals surface area contributed by atoms with E-state index in [-0.39, 0.29) is 19.0 Å². The highest BCUT2D eigenvalue weighted by atomic mass is 32.2. The molecule has 0 radical (unpaired) electrons. The number of rotatable bonds is 3. The minimum Gasteiger partial charge on any atom is -0.480 e. The van der Waals surface area contributed by atoms with Crippen LogP contribution >= 0.6 is 0 Å². The third-order valence-corrected chi connectivity index (χ3v) is 5.49. The van der Waals surface area contributed by atoms with Crippen molar-refractivity contribution in [1.29, 1.82) is 0 Å². The molecule has 5 nitrogen and oxygen atoms in total. The molecule has 1 aromatic rings. The average Bonchev–Trinajstić information content (AvgIpc) is 2.46. The predicted octanol–water partition coefficient (Wildman–Crippen LogP) is 2.47. The van der Waals surface area contributed by atoms with Crippen molar-refractivity contribution >= 4 is 16.0 Å². The van der Waals surface area contributed by atoms with Crippen LogP contribution in [0.5, 0.6) is 0 Å². The van der Waals surface area contributed by atoms with Gasteiger partial charge in [-0.3, -0.25) is 4.79 Å². The molecule has 1 aliphatic rings. The maximum Gasteiger partial charge on any atom is 0.419 e. The van der Waals surface area contributed by atoms with Crippen LogP contribution in [0.1, 0.15) is 24.8 Å². The highest BCUT2D eigenvalue weighted by Gasteiger charge is 2.40. The van der Waals surface area contributed by atoms with Crippen molar-refractivity contribution in [3.63, 3.8) is 0 Å². The van der Waals surface area contributed by atoms with Crippen LogP contribution < -0.4 is 0 Å². The minimum atomic E-state index is -5.05. The Morgan fingerprint density at radius 3 is 2.48 bits per heavy atom. The van der Waals surface area contributed by atoms with Gasteiger partial charge in [-0.15, -0.1) is 0 Å². The van der Waals surface area contributed by atoms with Gasteiger partial charge in [-0.05, 0) is 37.5 Å². The van der Waals surface area contributed by atoms with Crippen molar-refractivity contribution < 1.29 is 35.9 Å². The van der Waals surface area contributed by atoms with Crippen LogP contribution in [0.2, 0.25) is 0 Å². The number of benzene rings is 1. The smallest absolute Gasteiger partial charge is 0.419 e. The van der Waals surface area contributed by atoms with Crippen LogP contribution in [0.3, 0.4) is 0 Å². The second kappa shape index (κ2) is 6.08. The number of carboxylic acid groups (broad SMARTS) is 1. The molecule has 0 amide bonds. The van der Waals surface area contributed by atoms with E-state index in [0.29, 0.717) is 29.3 Å². The van der Waals surface area contributed by atoms with E-state index in [2.05, 4.69) is 0 Å². The fourth-order valence-corrected chi connectivity index (χ4v) is 4.13. The fraction of sp³-hybridized carbons (Fsp3) is 0.462. The quantitative estimate of drug-likeness (QED) is 0.846. The molecule has 0 spiro atoms. The maximum absolute atomic E-state index is 13.3. The van der Waals surface area contributed by atoms with E-state index in [1.165, 1.54) is 0 Å². The van der Waals surface area contributed by atoms with Gasteiger partial charge < -0.3 is 5.11 Å². The molecule has 128 valence electrons. The van der Waals surface area contributed by atoms with Gasteiger partial charge in [0.15, 0.2) is 0 Å². The number of nitrogens with zero attached hydrogens (tertiary/aromatic N) is 1. The molecule has 1 N–H and O–H groups in total. The first-order valence-corrected chi connectivity index (χ1v) is 8.10. The lowest BCUT2D eigenvalue weighted by molar-refractivity contribution is -0.142. The summed E-state index contributed by atoms with van der Waals surface area (Å²) in [7, 11) is -4.47. The van der Waals surface area contributed by atoms with Crippen LogP contribution in [0, 0.1) is 5.82 Å². The highest BCUT2D eigenvalue weighted by Crippen LogP contribution is 2.34. The molecular formula is C13H13F4NO4S. The van der Waals surface area contributed by atoms with Gasteiger partial charge in [0.2, 0.25) is 10.0 Å². The summed E-state index contributed by atoms with van der Waals surface area (Å²) in [6, 6.07) is -0.0331. The Bertz CT molecular complexity index is 717. The van der Waals surface area contributed by atoms with Crippen LogP contribution in [-0.2, 0) is 21.0 Å². The summed E-state index contributed by atoms with van der Waals surface area (Å²) < 4.78 is 77.0. The summed E-state index contributed by atoms with van der Waals surface area (Å²) in [5.41, 5.74) is -1.71. The number of piperidine rings is 1. The molecule has 0 aromatic heterocycles. The standard InChI is InChI=1S/C13H13F4NO4S/c14-10-5-4-8(7-9(10)13(15,16)17)23(21,22)18-6-2-1-3-11(18)12(19)20/h4-5,7,11H,1-3,6H2,(H,19,20). The van der Waals surface area contributed by atoms with Gasteiger partial charge >= 0.3 is 12.1 Å². The SMILES string of the molecule is O=C(O)C1CCCCN1S(=O)(=O)c1ccc(F)c(C(F)(F)F)c1. The molecule has 10 heteroatoms. The molecule has 1 aliphatic heterocycles. The van der Waals surface area contributed by atoms with Crippen LogP contribution in [-0.4, -0.2) is 36.4 Å². The van der Waals surface area contributed by atoms with Gasteiger partial charge in [-0.1, -0.05) is 0 Å². The number of sulfonamides is 1. The Labute approximate surface area is 129 Å². The van der Waals surface area contributed by atoms with E-state index in [9.17, 15) is 30.8 Å². The third-order valence-electron chi connectivity index (χ3n) is 3.59. The first-order chi connectivity index (χ1) is 10.5. The van der Waals surface area contributed by atoms with Gasteiger partial charge in [0, 0.05) is 6.54 Å². The van der Waals surface area contributed by atoms with Crippen molar-refractivity contribution in [2.24, 2.45) is 0 Å². The van der Waals surface area contributed by atoms with Crippen molar-refractivity contribution in [2.75, 3.05) is 6.54 Å². The first kappa shape index (κ1) is 17.7. The lowest BCUT2D eigenvalue weighted by atomic mass is 10.1. The lowest BCUT2D eigenvalue weighted by Gasteiger charge is -2.32. The van der Waals surface area contributed by atoms with Crippen molar-refractivity contribution in [1.82, 2.24) is 4.31 Å². The zero-order valence-electron chi connectivity index (χ0n) is 11.7. The van der Waals surface area contributed by atoms with E-state index >= 15 is 0 Å². The second-order valence-corrected chi connectivity index (χ2v) is 7.00. The summed E-state index contributed by atoms with van der Waals surface area (Å²) in [5.74, 6) is -2.96. The molecule has 23 heavy (non-hydrogen) atoms. The number of carbonyl (C=O) groups is 1. The summed E-state index contributed by atoms with van der Waals surface area (Å²) in [4.78, 5) is 10.4. The van der Waals surface area contributed by atoms with Gasteiger partial charge in [-0.2, -0.15) is 17.5 Å². The van der Waals surface area contributed by atoms with E-state index in [1.807, 2.05) is 0 Å². The van der Waals surface area contributed by atoms with Crippen LogP contribution in [0.15, 0.2) is 23.1 Å². The first-order valence-electron chi connectivity index (χ1n) is 6.66. The van der Waals surface area contributed by atoms with E-state index in [4.69, 9.17) is 5.11 Å². The fourth-order valence-electron chi connectivity index (χ4n) is 2.46. The number of alkyl halides is 3. The second-order valence-electron chi connectivity index (χ2n) is 5.10. The molecule has 0 saturated carbocycles. The van der Waals surface area contributed by atoms with Gasteiger partial charge in [0.05, 0.1) is 10.5 Å². The molecule has 1 unspecified atom stereocenters. The Kier molecular flexibility index (Phi) is 4.67. The van der Waals surface area contributed by atoms with E-state index in [0.717, 1.165) is 0 Å². The van der Waals surface area contributed by atoms with Crippen LogP contribution in [0.25, 0.3) is 0 Å². The Morgan fingerprint density at radius 1 is 1.26 bits per heavy atom. The largest absolute Gasteiger partial charge is 0.480 e. The molecule has 1 heterocycles. The predicted molar refractivity (Wildman–Crippen MR) is 70.6 cm³/mol.